The summed E-state index contributed by atoms with van der Waals surface area (Å²) in [6.45, 7) is 5.20. The third-order valence-electron chi connectivity index (χ3n) is 3.81. The van der Waals surface area contributed by atoms with Crippen LogP contribution in [0.15, 0.2) is 0 Å². The highest BCUT2D eigenvalue weighted by atomic mass is 16.2. The molecule has 0 aromatic carbocycles. The van der Waals surface area contributed by atoms with Crippen LogP contribution in [0, 0.1) is 5.41 Å². The second kappa shape index (κ2) is 4.12. The molecule has 3 heteroatoms. The van der Waals surface area contributed by atoms with Crippen LogP contribution in [-0.2, 0) is 4.79 Å². The fourth-order valence-corrected chi connectivity index (χ4v) is 1.85. The number of nitrogens with one attached hydrogen (secondary N) is 2. The molecule has 0 aliphatic heterocycles. The van der Waals surface area contributed by atoms with Gasteiger partial charge in [0.05, 0.1) is 6.04 Å². The SMILES string of the molecule is CCC1(CNC(C)C(=O)NC2CC2)CC1. The van der Waals surface area contributed by atoms with Crippen LogP contribution in [0.5, 0.6) is 0 Å². The molecule has 2 aliphatic carbocycles. The van der Waals surface area contributed by atoms with Crippen LogP contribution in [-0.4, -0.2) is 24.5 Å². The summed E-state index contributed by atoms with van der Waals surface area (Å²) in [5.41, 5.74) is 0.522. The summed E-state index contributed by atoms with van der Waals surface area (Å²) in [5.74, 6) is 0.171. The van der Waals surface area contributed by atoms with Gasteiger partial charge in [-0.3, -0.25) is 4.79 Å². The molecule has 2 fully saturated rings. The van der Waals surface area contributed by atoms with Gasteiger partial charge in [0.1, 0.15) is 0 Å². The van der Waals surface area contributed by atoms with Gasteiger partial charge in [-0.05, 0) is 44.4 Å². The number of hydrogen-bond donors (Lipinski definition) is 2. The van der Waals surface area contributed by atoms with Crippen molar-refractivity contribution in [2.45, 2.75) is 58.0 Å². The third kappa shape index (κ3) is 2.94. The fraction of sp³-hybridized carbons (Fsp3) is 0.917. The molecule has 0 bridgehead atoms. The van der Waals surface area contributed by atoms with Gasteiger partial charge in [-0.1, -0.05) is 6.92 Å². The Hall–Kier alpha value is -0.570. The van der Waals surface area contributed by atoms with Crippen molar-refractivity contribution < 1.29 is 4.79 Å². The Labute approximate surface area is 92.0 Å². The van der Waals surface area contributed by atoms with Gasteiger partial charge >= 0.3 is 0 Å². The molecule has 1 amide bonds. The van der Waals surface area contributed by atoms with Gasteiger partial charge in [-0.15, -0.1) is 0 Å². The lowest BCUT2D eigenvalue weighted by Crippen LogP contribution is -2.44. The smallest absolute Gasteiger partial charge is 0.237 e. The summed E-state index contributed by atoms with van der Waals surface area (Å²) < 4.78 is 0. The normalized spacial score (nSPS) is 24.7. The Morgan fingerprint density at radius 1 is 1.47 bits per heavy atom. The first kappa shape index (κ1) is 10.9. The largest absolute Gasteiger partial charge is 0.352 e. The molecular weight excluding hydrogens is 188 g/mol. The van der Waals surface area contributed by atoms with Gasteiger partial charge < -0.3 is 10.6 Å². The van der Waals surface area contributed by atoms with Crippen molar-refractivity contribution in [3.63, 3.8) is 0 Å². The highest BCUT2D eigenvalue weighted by Crippen LogP contribution is 2.47. The van der Waals surface area contributed by atoms with Crippen LogP contribution in [0.25, 0.3) is 0 Å². The topological polar surface area (TPSA) is 41.1 Å². The number of carbonyl (C=O) groups excluding carboxylic acids is 1. The Bertz CT molecular complexity index is 244. The molecule has 2 rings (SSSR count). The van der Waals surface area contributed by atoms with Gasteiger partial charge in [0.15, 0.2) is 0 Å². The molecule has 15 heavy (non-hydrogen) atoms. The molecule has 0 heterocycles. The van der Waals surface area contributed by atoms with Gasteiger partial charge in [-0.2, -0.15) is 0 Å². The second-order valence-electron chi connectivity index (χ2n) is 5.24. The lowest BCUT2D eigenvalue weighted by atomic mass is 10.0. The van der Waals surface area contributed by atoms with Crippen LogP contribution >= 0.6 is 0 Å². The molecule has 0 aromatic heterocycles. The summed E-state index contributed by atoms with van der Waals surface area (Å²) in [7, 11) is 0. The van der Waals surface area contributed by atoms with E-state index in [0.717, 1.165) is 19.4 Å². The Kier molecular flexibility index (Phi) is 3.01. The highest BCUT2D eigenvalue weighted by Gasteiger charge is 2.40. The van der Waals surface area contributed by atoms with Crippen molar-refractivity contribution in [2.24, 2.45) is 5.41 Å². The predicted octanol–water partition coefficient (Wildman–Crippen LogP) is 1.43. The van der Waals surface area contributed by atoms with Gasteiger partial charge in [0.2, 0.25) is 5.91 Å². The molecule has 0 saturated heterocycles. The predicted molar refractivity (Wildman–Crippen MR) is 60.6 cm³/mol. The van der Waals surface area contributed by atoms with Gasteiger partial charge in [0.25, 0.3) is 0 Å². The summed E-state index contributed by atoms with van der Waals surface area (Å²) in [5, 5.41) is 6.38. The lowest BCUT2D eigenvalue weighted by Gasteiger charge is -2.18. The van der Waals surface area contributed by atoms with E-state index in [1.165, 1.54) is 19.3 Å². The Morgan fingerprint density at radius 3 is 2.60 bits per heavy atom. The first-order valence-corrected chi connectivity index (χ1v) is 6.19. The van der Waals surface area contributed by atoms with Gasteiger partial charge in [-0.25, -0.2) is 0 Å². The average Bonchev–Trinajstić information content (AvgIpc) is 3.10. The molecule has 86 valence electrons. The molecule has 1 atom stereocenters. The van der Waals surface area contributed by atoms with E-state index in [9.17, 15) is 4.79 Å². The molecule has 2 saturated carbocycles. The second-order valence-corrected chi connectivity index (χ2v) is 5.24. The van der Waals surface area contributed by atoms with E-state index in [4.69, 9.17) is 0 Å². The molecule has 0 spiro atoms. The quantitative estimate of drug-likeness (QED) is 0.696. The van der Waals surface area contributed by atoms with Crippen LogP contribution in [0.1, 0.15) is 46.0 Å². The molecule has 1 unspecified atom stereocenters. The Morgan fingerprint density at radius 2 is 2.13 bits per heavy atom. The van der Waals surface area contributed by atoms with E-state index in [-0.39, 0.29) is 11.9 Å². The van der Waals surface area contributed by atoms with Gasteiger partial charge in [0, 0.05) is 12.6 Å². The van der Waals surface area contributed by atoms with Crippen LogP contribution in [0.4, 0.5) is 0 Å². The van der Waals surface area contributed by atoms with E-state index in [2.05, 4.69) is 17.6 Å². The van der Waals surface area contributed by atoms with Crippen LogP contribution in [0.2, 0.25) is 0 Å². The van der Waals surface area contributed by atoms with E-state index in [1.807, 2.05) is 6.92 Å². The van der Waals surface area contributed by atoms with E-state index in [0.29, 0.717) is 11.5 Å². The van der Waals surface area contributed by atoms with E-state index >= 15 is 0 Å². The third-order valence-corrected chi connectivity index (χ3v) is 3.81. The maximum Gasteiger partial charge on any atom is 0.237 e. The molecule has 0 aromatic rings. The standard InChI is InChI=1S/C12H22N2O/c1-3-12(6-7-12)8-13-9(2)11(15)14-10-4-5-10/h9-10,13H,3-8H2,1-2H3,(H,14,15). The molecular formula is C12H22N2O. The zero-order chi connectivity index (χ0) is 10.9. The molecule has 0 radical (unpaired) electrons. The summed E-state index contributed by atoms with van der Waals surface area (Å²) >= 11 is 0. The van der Waals surface area contributed by atoms with Crippen molar-refractivity contribution in [1.82, 2.24) is 10.6 Å². The number of rotatable bonds is 6. The minimum atomic E-state index is -0.0328. The van der Waals surface area contributed by atoms with E-state index in [1.54, 1.807) is 0 Å². The van der Waals surface area contributed by atoms with E-state index < -0.39 is 0 Å². The molecule has 2 N–H and O–H groups in total. The lowest BCUT2D eigenvalue weighted by molar-refractivity contribution is -0.122. The van der Waals surface area contributed by atoms with Crippen LogP contribution < -0.4 is 10.6 Å². The van der Waals surface area contributed by atoms with Crippen molar-refractivity contribution in [1.29, 1.82) is 0 Å². The first-order valence-electron chi connectivity index (χ1n) is 6.19. The minimum Gasteiger partial charge on any atom is -0.352 e. The number of amides is 1. The Balaban J connectivity index is 1.66. The maximum absolute atomic E-state index is 11.6. The molecule has 2 aliphatic rings. The number of hydrogen-bond acceptors (Lipinski definition) is 2. The first-order chi connectivity index (χ1) is 7.15. The summed E-state index contributed by atoms with van der Waals surface area (Å²) in [6.07, 6.45) is 6.21. The zero-order valence-corrected chi connectivity index (χ0v) is 9.81. The van der Waals surface area contributed by atoms with Crippen molar-refractivity contribution in [3.8, 4) is 0 Å². The number of carbonyl (C=O) groups is 1. The van der Waals surface area contributed by atoms with Crippen molar-refractivity contribution >= 4 is 5.91 Å². The summed E-state index contributed by atoms with van der Waals surface area (Å²) in [6, 6.07) is 0.442. The zero-order valence-electron chi connectivity index (χ0n) is 9.81. The maximum atomic E-state index is 11.6. The highest BCUT2D eigenvalue weighted by molar-refractivity contribution is 5.81. The minimum absolute atomic E-state index is 0.0328. The summed E-state index contributed by atoms with van der Waals surface area (Å²) in [4.78, 5) is 11.6. The van der Waals surface area contributed by atoms with Crippen molar-refractivity contribution in [3.05, 3.63) is 0 Å². The monoisotopic (exact) mass is 210 g/mol. The molecule has 3 nitrogen and oxygen atoms in total. The van der Waals surface area contributed by atoms with Crippen molar-refractivity contribution in [2.75, 3.05) is 6.54 Å². The van der Waals surface area contributed by atoms with Crippen LogP contribution in [0.3, 0.4) is 0 Å². The fourth-order valence-electron chi connectivity index (χ4n) is 1.85. The average molecular weight is 210 g/mol.